The standard InChI is InChI=1S/C8H3F4I/c1-2-3-4(9)6(11)8(13)7(12)5(3)10/h2H,1H2. The summed E-state index contributed by atoms with van der Waals surface area (Å²) in [6, 6.07) is 0. The van der Waals surface area contributed by atoms with Crippen LogP contribution in [0.1, 0.15) is 5.56 Å². The first-order valence-electron chi connectivity index (χ1n) is 3.14. The highest BCUT2D eigenvalue weighted by Crippen LogP contribution is 2.25. The fourth-order valence-electron chi connectivity index (χ4n) is 0.801. The fraction of sp³-hybridized carbons (Fsp3) is 0. The van der Waals surface area contributed by atoms with E-state index in [2.05, 4.69) is 6.58 Å². The van der Waals surface area contributed by atoms with Crippen LogP contribution >= 0.6 is 22.6 Å². The van der Waals surface area contributed by atoms with Crippen LogP contribution in [-0.4, -0.2) is 0 Å². The third-order valence-corrected chi connectivity index (χ3v) is 2.39. The number of halogens is 5. The zero-order chi connectivity index (χ0) is 10.2. The second kappa shape index (κ2) is 3.65. The van der Waals surface area contributed by atoms with E-state index in [0.717, 1.165) is 6.08 Å². The molecule has 0 saturated carbocycles. The molecule has 0 amide bonds. The molecule has 0 spiro atoms. The molecule has 70 valence electrons. The Bertz CT molecular complexity index is 344. The summed E-state index contributed by atoms with van der Waals surface area (Å²) < 4.78 is 50.6. The van der Waals surface area contributed by atoms with E-state index in [0.29, 0.717) is 0 Å². The van der Waals surface area contributed by atoms with Crippen LogP contribution in [0, 0.1) is 26.8 Å². The number of hydrogen-bond donors (Lipinski definition) is 0. The van der Waals surface area contributed by atoms with Gasteiger partial charge in [-0.15, -0.1) is 0 Å². The molecule has 0 bridgehead atoms. The minimum Gasteiger partial charge on any atom is -0.203 e. The Hall–Kier alpha value is -0.590. The Morgan fingerprint density at radius 1 is 0.923 bits per heavy atom. The Labute approximate surface area is 85.4 Å². The van der Waals surface area contributed by atoms with Crippen molar-refractivity contribution in [1.82, 2.24) is 0 Å². The maximum absolute atomic E-state index is 12.8. The van der Waals surface area contributed by atoms with Crippen molar-refractivity contribution < 1.29 is 17.6 Å². The van der Waals surface area contributed by atoms with E-state index in [1.165, 1.54) is 22.6 Å². The molecule has 0 aliphatic carbocycles. The van der Waals surface area contributed by atoms with E-state index in [-0.39, 0.29) is 0 Å². The summed E-state index contributed by atoms with van der Waals surface area (Å²) in [4.78, 5) is 0. The fourth-order valence-corrected chi connectivity index (χ4v) is 1.27. The van der Waals surface area contributed by atoms with Crippen molar-refractivity contribution >= 4 is 28.7 Å². The van der Waals surface area contributed by atoms with Crippen LogP contribution < -0.4 is 0 Å². The van der Waals surface area contributed by atoms with Gasteiger partial charge < -0.3 is 0 Å². The largest absolute Gasteiger partial charge is 0.203 e. The normalized spacial score (nSPS) is 10.2. The molecule has 0 saturated heterocycles. The summed E-state index contributed by atoms with van der Waals surface area (Å²) in [6.45, 7) is 3.05. The quantitative estimate of drug-likeness (QED) is 0.322. The van der Waals surface area contributed by atoms with Crippen LogP contribution in [0.15, 0.2) is 6.58 Å². The SMILES string of the molecule is C=Cc1c(F)c(F)c(I)c(F)c1F. The molecule has 0 aliphatic rings. The first kappa shape index (κ1) is 10.5. The number of hydrogen-bond acceptors (Lipinski definition) is 0. The topological polar surface area (TPSA) is 0 Å². The third-order valence-electron chi connectivity index (χ3n) is 1.45. The van der Waals surface area contributed by atoms with Crippen molar-refractivity contribution in [3.8, 4) is 0 Å². The molecule has 5 heteroatoms. The Kier molecular flexibility index (Phi) is 2.94. The lowest BCUT2D eigenvalue weighted by Gasteiger charge is -2.04. The van der Waals surface area contributed by atoms with Gasteiger partial charge in [0.2, 0.25) is 0 Å². The Balaban J connectivity index is 3.66. The maximum Gasteiger partial charge on any atom is 0.175 e. The minimum atomic E-state index is -1.42. The smallest absolute Gasteiger partial charge is 0.175 e. The van der Waals surface area contributed by atoms with Crippen LogP contribution in [0.25, 0.3) is 6.08 Å². The zero-order valence-electron chi connectivity index (χ0n) is 6.17. The van der Waals surface area contributed by atoms with E-state index in [1.807, 2.05) is 0 Å². The van der Waals surface area contributed by atoms with Gasteiger partial charge >= 0.3 is 0 Å². The molecule has 0 fully saturated rings. The highest BCUT2D eigenvalue weighted by atomic mass is 127. The average molecular weight is 302 g/mol. The van der Waals surface area contributed by atoms with Crippen molar-refractivity contribution in [2.45, 2.75) is 0 Å². The lowest BCUT2D eigenvalue weighted by molar-refractivity contribution is 0.443. The Morgan fingerprint density at radius 2 is 1.31 bits per heavy atom. The number of rotatable bonds is 1. The summed E-state index contributed by atoms with van der Waals surface area (Å²) >= 11 is 1.19. The van der Waals surface area contributed by atoms with Crippen LogP contribution in [0.3, 0.4) is 0 Å². The molecule has 0 aliphatic heterocycles. The van der Waals surface area contributed by atoms with Crippen LogP contribution in [0.5, 0.6) is 0 Å². The molecule has 0 heterocycles. The van der Waals surface area contributed by atoms with Gasteiger partial charge in [-0.25, -0.2) is 17.6 Å². The molecule has 1 rings (SSSR count). The zero-order valence-corrected chi connectivity index (χ0v) is 8.33. The van der Waals surface area contributed by atoms with Gasteiger partial charge in [0.25, 0.3) is 0 Å². The van der Waals surface area contributed by atoms with Gasteiger partial charge in [0, 0.05) is 0 Å². The molecule has 0 nitrogen and oxygen atoms in total. The molecule has 0 N–H and O–H groups in total. The number of benzene rings is 1. The van der Waals surface area contributed by atoms with E-state index in [1.54, 1.807) is 0 Å². The van der Waals surface area contributed by atoms with Gasteiger partial charge in [0.15, 0.2) is 23.3 Å². The Morgan fingerprint density at radius 3 is 1.62 bits per heavy atom. The summed E-state index contributed by atoms with van der Waals surface area (Å²) in [7, 11) is 0. The van der Waals surface area contributed by atoms with E-state index in [4.69, 9.17) is 0 Å². The van der Waals surface area contributed by atoms with Gasteiger partial charge in [-0.3, -0.25) is 0 Å². The third kappa shape index (κ3) is 1.56. The molecule has 13 heavy (non-hydrogen) atoms. The van der Waals surface area contributed by atoms with E-state index in [9.17, 15) is 17.6 Å². The lowest BCUT2D eigenvalue weighted by atomic mass is 10.2. The molecule has 0 aromatic heterocycles. The summed E-state index contributed by atoms with van der Waals surface area (Å²) in [6.07, 6.45) is 0.729. The second-order valence-corrected chi connectivity index (χ2v) is 3.27. The summed E-state index contributed by atoms with van der Waals surface area (Å²) in [5.74, 6) is -5.62. The first-order chi connectivity index (χ1) is 6.00. The molecule has 0 unspecified atom stereocenters. The summed E-state index contributed by atoms with van der Waals surface area (Å²) in [5.41, 5.74) is -0.782. The molecular weight excluding hydrogens is 299 g/mol. The molecule has 0 atom stereocenters. The predicted molar refractivity (Wildman–Crippen MR) is 49.1 cm³/mol. The minimum absolute atomic E-state index is 0.696. The van der Waals surface area contributed by atoms with Crippen molar-refractivity contribution in [3.63, 3.8) is 0 Å². The second-order valence-electron chi connectivity index (χ2n) is 2.19. The van der Waals surface area contributed by atoms with Crippen molar-refractivity contribution in [2.24, 2.45) is 0 Å². The van der Waals surface area contributed by atoms with Gasteiger partial charge in [-0.1, -0.05) is 12.7 Å². The molecule has 1 aromatic rings. The maximum atomic E-state index is 12.8. The van der Waals surface area contributed by atoms with E-state index < -0.39 is 32.4 Å². The average Bonchev–Trinajstić information content (AvgIpc) is 2.13. The van der Waals surface area contributed by atoms with Crippen LogP contribution in [-0.2, 0) is 0 Å². The lowest BCUT2D eigenvalue weighted by Crippen LogP contribution is -2.02. The molecule has 1 aromatic carbocycles. The van der Waals surface area contributed by atoms with Crippen molar-refractivity contribution in [3.05, 3.63) is 39.0 Å². The predicted octanol–water partition coefficient (Wildman–Crippen LogP) is 3.49. The van der Waals surface area contributed by atoms with Gasteiger partial charge in [0.1, 0.15) is 0 Å². The molecular formula is C8H3F4I. The van der Waals surface area contributed by atoms with Gasteiger partial charge in [-0.2, -0.15) is 0 Å². The van der Waals surface area contributed by atoms with Gasteiger partial charge in [0.05, 0.1) is 9.13 Å². The highest BCUT2D eigenvalue weighted by molar-refractivity contribution is 14.1. The van der Waals surface area contributed by atoms with Crippen molar-refractivity contribution in [2.75, 3.05) is 0 Å². The van der Waals surface area contributed by atoms with Crippen LogP contribution in [0.2, 0.25) is 0 Å². The highest BCUT2D eigenvalue weighted by Gasteiger charge is 2.21. The molecule has 0 radical (unpaired) electrons. The van der Waals surface area contributed by atoms with Crippen LogP contribution in [0.4, 0.5) is 17.6 Å². The van der Waals surface area contributed by atoms with E-state index >= 15 is 0 Å². The first-order valence-corrected chi connectivity index (χ1v) is 4.22. The summed E-state index contributed by atoms with van der Waals surface area (Å²) in [5, 5.41) is 0. The monoisotopic (exact) mass is 302 g/mol. The van der Waals surface area contributed by atoms with Crippen molar-refractivity contribution in [1.29, 1.82) is 0 Å². The van der Waals surface area contributed by atoms with Gasteiger partial charge in [-0.05, 0) is 22.6 Å².